The van der Waals surface area contributed by atoms with Gasteiger partial charge in [-0.3, -0.25) is 0 Å². The van der Waals surface area contributed by atoms with E-state index in [2.05, 4.69) is 241 Å². The van der Waals surface area contributed by atoms with E-state index in [1.165, 1.54) is 33.4 Å². The van der Waals surface area contributed by atoms with Gasteiger partial charge in [0, 0.05) is 49.3 Å². The van der Waals surface area contributed by atoms with Crippen LogP contribution in [-0.4, -0.2) is 0 Å². The second-order valence-electron chi connectivity index (χ2n) is 17.9. The molecule has 0 bridgehead atoms. The predicted octanol–water partition coefficient (Wildman–Crippen LogP) is 17.8. The third kappa shape index (κ3) is 5.54. The molecule has 11 aromatic carbocycles. The number of hydrogen-bond acceptors (Lipinski definition) is 3. The van der Waals surface area contributed by atoms with Gasteiger partial charge >= 0.3 is 0 Å². The normalized spacial score (nSPS) is 12.8. The van der Waals surface area contributed by atoms with Crippen molar-refractivity contribution >= 4 is 71.7 Å². The topological polar surface area (TPSA) is 29.5 Å². The maximum Gasteiger partial charge on any atom is 0.143 e. The summed E-state index contributed by atoms with van der Waals surface area (Å²) in [5.74, 6) is 0. The summed E-state index contributed by atoms with van der Waals surface area (Å²) < 4.78 is 13.3. The first kappa shape index (κ1) is 38.4. The van der Waals surface area contributed by atoms with E-state index in [1.807, 2.05) is 12.1 Å². The average Bonchev–Trinajstić information content (AvgIpc) is 4.09. The van der Waals surface area contributed by atoms with E-state index in [-0.39, 0.29) is 0 Å². The first-order valence-electron chi connectivity index (χ1n) is 23.3. The zero-order chi connectivity index (χ0) is 44.8. The fourth-order valence-corrected chi connectivity index (χ4v) is 11.5. The minimum atomic E-state index is -0.561. The lowest BCUT2D eigenvalue weighted by Crippen LogP contribution is -2.28. The Morgan fingerprint density at radius 2 is 0.897 bits per heavy atom. The van der Waals surface area contributed by atoms with Crippen molar-refractivity contribution in [3.8, 4) is 33.4 Å². The minimum absolute atomic E-state index is 0.561. The zero-order valence-electron chi connectivity index (χ0n) is 36.9. The van der Waals surface area contributed by atoms with Crippen LogP contribution < -0.4 is 4.90 Å². The Balaban J connectivity index is 1.04. The van der Waals surface area contributed by atoms with E-state index < -0.39 is 5.41 Å². The highest BCUT2D eigenvalue weighted by molar-refractivity contribution is 6.20. The maximum atomic E-state index is 6.79. The number of furan rings is 2. The van der Waals surface area contributed by atoms with Crippen molar-refractivity contribution in [3.05, 3.63) is 271 Å². The lowest BCUT2D eigenvalue weighted by Gasteiger charge is -2.34. The van der Waals surface area contributed by atoms with E-state index in [1.54, 1.807) is 0 Å². The van der Waals surface area contributed by atoms with Gasteiger partial charge in [-0.2, -0.15) is 0 Å². The zero-order valence-corrected chi connectivity index (χ0v) is 36.9. The molecule has 0 saturated carbocycles. The molecule has 0 radical (unpaired) electrons. The van der Waals surface area contributed by atoms with Gasteiger partial charge in [-0.25, -0.2) is 0 Å². The van der Waals surface area contributed by atoms with Crippen molar-refractivity contribution in [2.24, 2.45) is 0 Å². The molecule has 0 aliphatic heterocycles. The standard InChI is InChI=1S/C65H41NO2/c1-3-19-44(20-4-1)65(45-21-5-2-6-22-45)55-30-12-9-26-53(55)62-56(65)31-17-33-58(62)66(46-39-36-43(37-40-46)48-27-15-29-52-50-25-11-14-34-59(50)67-63(48)52)57-32-13-10-24-49(57)51-28-16-35-60-61(51)54-41-38-42-18-7-8-23-47(42)64(54)68-60/h1-41H. The third-order valence-electron chi connectivity index (χ3n) is 14.4. The molecular weight excluding hydrogens is 827 g/mol. The van der Waals surface area contributed by atoms with Crippen molar-refractivity contribution in [1.29, 1.82) is 0 Å². The summed E-state index contributed by atoms with van der Waals surface area (Å²) in [6.45, 7) is 0. The largest absolute Gasteiger partial charge is 0.455 e. The highest BCUT2D eigenvalue weighted by Crippen LogP contribution is 2.60. The molecule has 0 saturated heterocycles. The SMILES string of the molecule is c1ccc(C2(c3ccccc3)c3ccccc3-c3c(N(c4ccc(-c5cccc6c5oc5ccccc56)cc4)c4ccccc4-c4cccc5oc6c7ccccc7ccc6c45)cccc32)cc1. The Bertz CT molecular complexity index is 4050. The van der Waals surface area contributed by atoms with Crippen LogP contribution in [0.15, 0.2) is 258 Å². The number of rotatable bonds is 7. The van der Waals surface area contributed by atoms with E-state index in [9.17, 15) is 0 Å². The molecule has 1 aliphatic rings. The summed E-state index contributed by atoms with van der Waals surface area (Å²) >= 11 is 0. The molecule has 0 amide bonds. The Hall–Kier alpha value is -8.92. The summed E-state index contributed by atoms with van der Waals surface area (Å²) in [6.07, 6.45) is 0. The van der Waals surface area contributed by atoms with Crippen molar-refractivity contribution in [2.45, 2.75) is 5.41 Å². The average molecular weight is 868 g/mol. The van der Waals surface area contributed by atoms with Gasteiger partial charge < -0.3 is 13.7 Å². The number of benzene rings is 11. The molecule has 3 heteroatoms. The number of nitrogens with zero attached hydrogens (tertiary/aromatic N) is 1. The third-order valence-corrected chi connectivity index (χ3v) is 14.4. The van der Waals surface area contributed by atoms with Crippen LogP contribution in [0.4, 0.5) is 17.1 Å². The number of hydrogen-bond donors (Lipinski definition) is 0. The van der Waals surface area contributed by atoms with Gasteiger partial charge in [-0.05, 0) is 86.8 Å². The summed E-state index contributed by atoms with van der Waals surface area (Å²) in [5.41, 5.74) is 18.0. The monoisotopic (exact) mass is 867 g/mol. The highest BCUT2D eigenvalue weighted by atomic mass is 16.3. The van der Waals surface area contributed by atoms with Gasteiger partial charge in [0.25, 0.3) is 0 Å². The Kier molecular flexibility index (Phi) is 8.50. The van der Waals surface area contributed by atoms with Gasteiger partial charge in [-0.1, -0.05) is 206 Å². The van der Waals surface area contributed by atoms with Crippen LogP contribution in [0, 0.1) is 0 Å². The number of anilines is 3. The number of para-hydroxylation sites is 3. The second-order valence-corrected chi connectivity index (χ2v) is 17.9. The smallest absolute Gasteiger partial charge is 0.143 e. The summed E-state index contributed by atoms with van der Waals surface area (Å²) in [7, 11) is 0. The molecule has 2 heterocycles. The van der Waals surface area contributed by atoms with E-state index >= 15 is 0 Å². The van der Waals surface area contributed by atoms with Gasteiger partial charge in [-0.15, -0.1) is 0 Å². The Morgan fingerprint density at radius 1 is 0.324 bits per heavy atom. The van der Waals surface area contributed by atoms with Crippen LogP contribution in [0.5, 0.6) is 0 Å². The van der Waals surface area contributed by atoms with E-state index in [0.717, 1.165) is 94.0 Å². The van der Waals surface area contributed by atoms with E-state index in [4.69, 9.17) is 8.83 Å². The molecule has 14 rings (SSSR count). The van der Waals surface area contributed by atoms with Crippen molar-refractivity contribution < 1.29 is 8.83 Å². The Labute approximate surface area is 393 Å². The molecule has 3 nitrogen and oxygen atoms in total. The minimum Gasteiger partial charge on any atom is -0.455 e. The van der Waals surface area contributed by atoms with Crippen molar-refractivity contribution in [1.82, 2.24) is 0 Å². The second kappa shape index (κ2) is 15.1. The summed E-state index contributed by atoms with van der Waals surface area (Å²) in [4.78, 5) is 2.49. The molecule has 0 fully saturated rings. The van der Waals surface area contributed by atoms with Gasteiger partial charge in [0.2, 0.25) is 0 Å². The quantitative estimate of drug-likeness (QED) is 0.160. The molecule has 318 valence electrons. The summed E-state index contributed by atoms with van der Waals surface area (Å²) in [6, 6.07) is 90.1. The summed E-state index contributed by atoms with van der Waals surface area (Å²) in [5, 5.41) is 6.71. The first-order chi connectivity index (χ1) is 33.8. The molecule has 0 unspecified atom stereocenters. The maximum absolute atomic E-state index is 6.79. The lowest BCUT2D eigenvalue weighted by molar-refractivity contribution is 0.670. The fraction of sp³-hybridized carbons (Fsp3) is 0.0154. The van der Waals surface area contributed by atoms with Crippen LogP contribution in [0.25, 0.3) is 88.0 Å². The van der Waals surface area contributed by atoms with Crippen molar-refractivity contribution in [2.75, 3.05) is 4.90 Å². The Morgan fingerprint density at radius 3 is 1.72 bits per heavy atom. The van der Waals surface area contributed by atoms with Gasteiger partial charge in [0.05, 0.1) is 16.8 Å². The first-order valence-corrected chi connectivity index (χ1v) is 23.3. The molecule has 68 heavy (non-hydrogen) atoms. The lowest BCUT2D eigenvalue weighted by atomic mass is 9.68. The van der Waals surface area contributed by atoms with Crippen LogP contribution >= 0.6 is 0 Å². The fourth-order valence-electron chi connectivity index (χ4n) is 11.5. The molecule has 2 aromatic heterocycles. The predicted molar refractivity (Wildman–Crippen MR) is 281 cm³/mol. The molecule has 0 atom stereocenters. The van der Waals surface area contributed by atoms with Gasteiger partial charge in [0.15, 0.2) is 0 Å². The van der Waals surface area contributed by atoms with Crippen molar-refractivity contribution in [3.63, 3.8) is 0 Å². The highest BCUT2D eigenvalue weighted by Gasteiger charge is 2.47. The van der Waals surface area contributed by atoms with E-state index in [0.29, 0.717) is 0 Å². The molecule has 1 aliphatic carbocycles. The van der Waals surface area contributed by atoms with Crippen LogP contribution in [0.3, 0.4) is 0 Å². The molecule has 0 N–H and O–H groups in total. The van der Waals surface area contributed by atoms with Crippen LogP contribution in [0.2, 0.25) is 0 Å². The molecule has 13 aromatic rings. The molecular formula is C65H41NO2. The van der Waals surface area contributed by atoms with Gasteiger partial charge in [0.1, 0.15) is 22.3 Å². The van der Waals surface area contributed by atoms with Crippen LogP contribution in [-0.2, 0) is 5.41 Å². The number of fused-ring (bicyclic) bond motifs is 11. The van der Waals surface area contributed by atoms with Crippen LogP contribution in [0.1, 0.15) is 22.3 Å². The molecule has 0 spiro atoms.